The number of carbonyl (C=O) groups excluding carboxylic acids is 1. The normalized spacial score (nSPS) is 18.5. The van der Waals surface area contributed by atoms with E-state index in [0.717, 1.165) is 38.9 Å². The van der Waals surface area contributed by atoms with Gasteiger partial charge in [0, 0.05) is 26.7 Å². The minimum absolute atomic E-state index is 0.105. The molecule has 1 N–H and O–H groups in total. The quantitative estimate of drug-likeness (QED) is 0.662. The third-order valence-corrected chi connectivity index (χ3v) is 4.41. The van der Waals surface area contributed by atoms with Crippen molar-refractivity contribution in [1.82, 2.24) is 10.2 Å². The fourth-order valence-electron chi connectivity index (χ4n) is 3.04. The van der Waals surface area contributed by atoms with E-state index in [1.165, 1.54) is 5.56 Å². The second-order valence-corrected chi connectivity index (χ2v) is 6.27. The molecule has 5 heteroatoms. The van der Waals surface area contributed by atoms with Crippen LogP contribution in [0.3, 0.4) is 0 Å². The van der Waals surface area contributed by atoms with Gasteiger partial charge in [0.2, 0.25) is 5.91 Å². The van der Waals surface area contributed by atoms with E-state index in [1.54, 1.807) is 7.11 Å². The summed E-state index contributed by atoms with van der Waals surface area (Å²) in [6.45, 7) is 5.26. The largest absolute Gasteiger partial charge is 0.382 e. The third-order valence-electron chi connectivity index (χ3n) is 4.41. The van der Waals surface area contributed by atoms with Crippen LogP contribution < -0.4 is 5.32 Å². The zero-order valence-electron chi connectivity index (χ0n) is 14.7. The van der Waals surface area contributed by atoms with E-state index in [0.29, 0.717) is 26.4 Å². The molecule has 1 heterocycles. The number of likely N-dealkylation sites (tertiary alicyclic amines) is 1. The van der Waals surface area contributed by atoms with Gasteiger partial charge in [-0.1, -0.05) is 30.3 Å². The number of hydrogen-bond donors (Lipinski definition) is 1. The first-order valence-electron chi connectivity index (χ1n) is 8.90. The van der Waals surface area contributed by atoms with Crippen LogP contribution in [0.5, 0.6) is 0 Å². The van der Waals surface area contributed by atoms with Crippen molar-refractivity contribution in [1.29, 1.82) is 0 Å². The smallest absolute Gasteiger partial charge is 0.224 e. The maximum atomic E-state index is 12.3. The number of hydrogen-bond acceptors (Lipinski definition) is 4. The van der Waals surface area contributed by atoms with Crippen LogP contribution >= 0.6 is 0 Å². The van der Waals surface area contributed by atoms with Gasteiger partial charge in [-0.2, -0.15) is 0 Å². The van der Waals surface area contributed by atoms with Gasteiger partial charge in [-0.15, -0.1) is 0 Å². The molecule has 1 aromatic carbocycles. The predicted octanol–water partition coefficient (Wildman–Crippen LogP) is 1.72. The summed E-state index contributed by atoms with van der Waals surface area (Å²) in [6, 6.07) is 10.5. The van der Waals surface area contributed by atoms with Crippen molar-refractivity contribution in [3.8, 4) is 0 Å². The van der Waals surface area contributed by atoms with E-state index in [9.17, 15) is 4.79 Å². The maximum Gasteiger partial charge on any atom is 0.224 e. The summed E-state index contributed by atoms with van der Waals surface area (Å²) in [4.78, 5) is 14.7. The van der Waals surface area contributed by atoms with Gasteiger partial charge in [0.15, 0.2) is 0 Å². The van der Waals surface area contributed by atoms with E-state index in [1.807, 2.05) is 6.07 Å². The minimum Gasteiger partial charge on any atom is -0.382 e. The number of amides is 1. The Labute approximate surface area is 145 Å². The van der Waals surface area contributed by atoms with Gasteiger partial charge in [0.05, 0.1) is 25.7 Å². The summed E-state index contributed by atoms with van der Waals surface area (Å²) < 4.78 is 10.3. The summed E-state index contributed by atoms with van der Waals surface area (Å²) in [6.07, 6.45) is 3.12. The van der Waals surface area contributed by atoms with Crippen molar-refractivity contribution in [2.45, 2.75) is 19.3 Å². The van der Waals surface area contributed by atoms with Crippen LogP contribution in [0.25, 0.3) is 0 Å². The number of piperidine rings is 1. The number of methoxy groups -OCH3 is 1. The van der Waals surface area contributed by atoms with Gasteiger partial charge in [-0.25, -0.2) is 0 Å². The Balaban J connectivity index is 1.63. The molecule has 0 spiro atoms. The van der Waals surface area contributed by atoms with Crippen LogP contribution in [-0.2, 0) is 20.7 Å². The summed E-state index contributed by atoms with van der Waals surface area (Å²) in [5.74, 6) is 0.267. The molecule has 0 bridgehead atoms. The van der Waals surface area contributed by atoms with Crippen LogP contribution in [0.1, 0.15) is 18.4 Å². The molecule has 134 valence electrons. The minimum atomic E-state index is 0.105. The van der Waals surface area contributed by atoms with Gasteiger partial charge in [0.25, 0.3) is 0 Å². The molecule has 1 aliphatic heterocycles. The molecular weight excluding hydrogens is 304 g/mol. The Hall–Kier alpha value is -1.43. The lowest BCUT2D eigenvalue weighted by atomic mass is 9.96. The monoisotopic (exact) mass is 334 g/mol. The van der Waals surface area contributed by atoms with E-state index in [-0.39, 0.29) is 11.8 Å². The standard InChI is InChI=1S/C19H30N2O3/c1-23-14-15-24-13-10-20-19(22)18-8-5-11-21(16-18)12-9-17-6-3-2-4-7-17/h2-4,6-7,18H,5,8-16H2,1H3,(H,20,22)/t18-/m1/s1. The van der Waals surface area contributed by atoms with Crippen molar-refractivity contribution in [2.75, 3.05) is 53.1 Å². The molecule has 1 aromatic rings. The number of rotatable bonds is 10. The van der Waals surface area contributed by atoms with Crippen LogP contribution in [0.15, 0.2) is 30.3 Å². The SMILES string of the molecule is COCCOCCNC(=O)[C@@H]1CCCN(CCc2ccccc2)C1. The zero-order valence-corrected chi connectivity index (χ0v) is 14.7. The van der Waals surface area contributed by atoms with Crippen LogP contribution in [0, 0.1) is 5.92 Å². The van der Waals surface area contributed by atoms with E-state index in [2.05, 4.69) is 34.5 Å². The topological polar surface area (TPSA) is 50.8 Å². The molecule has 24 heavy (non-hydrogen) atoms. The average molecular weight is 334 g/mol. The Kier molecular flexibility index (Phi) is 8.81. The summed E-state index contributed by atoms with van der Waals surface area (Å²) in [5.41, 5.74) is 1.36. The molecule has 1 fully saturated rings. The van der Waals surface area contributed by atoms with Crippen molar-refractivity contribution < 1.29 is 14.3 Å². The summed E-state index contributed by atoms with van der Waals surface area (Å²) in [5, 5.41) is 2.99. The predicted molar refractivity (Wildman–Crippen MR) is 95.0 cm³/mol. The molecule has 1 aliphatic rings. The molecule has 1 amide bonds. The highest BCUT2D eigenvalue weighted by molar-refractivity contribution is 5.78. The van der Waals surface area contributed by atoms with Gasteiger partial charge in [0.1, 0.15) is 0 Å². The van der Waals surface area contributed by atoms with Gasteiger partial charge >= 0.3 is 0 Å². The lowest BCUT2D eigenvalue weighted by Gasteiger charge is -2.32. The molecule has 0 radical (unpaired) electrons. The maximum absolute atomic E-state index is 12.3. The second-order valence-electron chi connectivity index (χ2n) is 6.27. The van der Waals surface area contributed by atoms with Gasteiger partial charge in [-0.3, -0.25) is 4.79 Å². The molecule has 1 atom stereocenters. The van der Waals surface area contributed by atoms with Crippen LogP contribution in [-0.4, -0.2) is 63.9 Å². The van der Waals surface area contributed by atoms with Crippen molar-refractivity contribution >= 4 is 5.91 Å². The van der Waals surface area contributed by atoms with Crippen LogP contribution in [0.4, 0.5) is 0 Å². The Morgan fingerprint density at radius 1 is 1.25 bits per heavy atom. The summed E-state index contributed by atoms with van der Waals surface area (Å²) in [7, 11) is 1.65. The number of ether oxygens (including phenoxy) is 2. The first-order chi connectivity index (χ1) is 11.8. The van der Waals surface area contributed by atoms with E-state index in [4.69, 9.17) is 9.47 Å². The first-order valence-corrected chi connectivity index (χ1v) is 8.90. The van der Waals surface area contributed by atoms with Gasteiger partial charge in [-0.05, 0) is 31.4 Å². The highest BCUT2D eigenvalue weighted by Gasteiger charge is 2.25. The molecule has 0 unspecified atom stereocenters. The van der Waals surface area contributed by atoms with Crippen LogP contribution in [0.2, 0.25) is 0 Å². The fraction of sp³-hybridized carbons (Fsp3) is 0.632. The molecule has 5 nitrogen and oxygen atoms in total. The number of benzene rings is 1. The third kappa shape index (κ3) is 6.99. The highest BCUT2D eigenvalue weighted by Crippen LogP contribution is 2.17. The number of carbonyl (C=O) groups is 1. The van der Waals surface area contributed by atoms with Crippen molar-refractivity contribution in [2.24, 2.45) is 5.92 Å². The van der Waals surface area contributed by atoms with Gasteiger partial charge < -0.3 is 19.7 Å². The Bertz CT molecular complexity index is 467. The molecule has 0 saturated carbocycles. The van der Waals surface area contributed by atoms with Crippen molar-refractivity contribution in [3.63, 3.8) is 0 Å². The number of nitrogens with one attached hydrogen (secondary N) is 1. The Morgan fingerprint density at radius 3 is 2.88 bits per heavy atom. The first kappa shape index (κ1) is 18.9. The highest BCUT2D eigenvalue weighted by atomic mass is 16.5. The number of nitrogens with zero attached hydrogens (tertiary/aromatic N) is 1. The van der Waals surface area contributed by atoms with E-state index >= 15 is 0 Å². The van der Waals surface area contributed by atoms with Crippen molar-refractivity contribution in [3.05, 3.63) is 35.9 Å². The second kappa shape index (κ2) is 11.2. The summed E-state index contributed by atoms with van der Waals surface area (Å²) >= 11 is 0. The Morgan fingerprint density at radius 2 is 2.08 bits per heavy atom. The molecule has 1 saturated heterocycles. The fourth-order valence-corrected chi connectivity index (χ4v) is 3.04. The average Bonchev–Trinajstić information content (AvgIpc) is 2.64. The molecule has 0 aliphatic carbocycles. The lowest BCUT2D eigenvalue weighted by Crippen LogP contribution is -2.44. The molecule has 0 aromatic heterocycles. The zero-order chi connectivity index (χ0) is 17.0. The lowest BCUT2D eigenvalue weighted by molar-refractivity contribution is -0.126. The molecular formula is C19H30N2O3. The van der Waals surface area contributed by atoms with E-state index < -0.39 is 0 Å². The molecule has 2 rings (SSSR count).